The van der Waals surface area contributed by atoms with Gasteiger partial charge in [0.1, 0.15) is 12.1 Å². The van der Waals surface area contributed by atoms with Crippen molar-refractivity contribution in [2.45, 2.75) is 0 Å². The molecule has 0 aliphatic rings. The van der Waals surface area contributed by atoms with Gasteiger partial charge < -0.3 is 27.4 Å². The second kappa shape index (κ2) is 37.0. The van der Waals surface area contributed by atoms with Crippen LogP contribution in [0.2, 0.25) is 0 Å². The maximum atomic E-state index is 10.6. The van der Waals surface area contributed by atoms with Crippen LogP contribution in [0.1, 0.15) is 44.5 Å². The van der Waals surface area contributed by atoms with Crippen molar-refractivity contribution in [3.8, 4) is 149 Å². The summed E-state index contributed by atoms with van der Waals surface area (Å²) >= 11 is 0. The molecule has 0 bridgehead atoms. The monoisotopic (exact) mass is 1910 g/mol. The second-order valence-corrected chi connectivity index (χ2v) is 36.8. The summed E-state index contributed by atoms with van der Waals surface area (Å²) < 4.78 is 13.2. The predicted molar refractivity (Wildman–Crippen MR) is 602 cm³/mol. The number of nitrogens with zero attached hydrogens (tertiary/aromatic N) is 15. The van der Waals surface area contributed by atoms with E-state index in [1.807, 2.05) is 297 Å². The molecule has 150 heavy (non-hydrogen) atoms. The first-order valence-electron chi connectivity index (χ1n) is 48.8. The maximum absolute atomic E-state index is 10.6. The quantitative estimate of drug-likeness (QED) is 0.107. The third-order valence-electron chi connectivity index (χ3n) is 28.9. The topological polar surface area (TPSA) is 224 Å². The third kappa shape index (κ3) is 14.6. The number of rotatable bonds is 12. The molecule has 0 unspecified atom stereocenters. The lowest BCUT2D eigenvalue weighted by atomic mass is 9.91. The van der Waals surface area contributed by atoms with E-state index in [0.717, 1.165) is 232 Å². The second-order valence-electron chi connectivity index (χ2n) is 36.8. The molecule has 0 fully saturated rings. The van der Waals surface area contributed by atoms with Crippen molar-refractivity contribution in [2.75, 3.05) is 0 Å². The van der Waals surface area contributed by atoms with Crippen LogP contribution in [0, 0.1) is 97.2 Å². The summed E-state index contributed by atoms with van der Waals surface area (Å²) in [5.74, 6) is 0. The SMILES string of the molecule is N#Cc1ccc2c(c1)c1cccc(C#N)c1n2-c1ccccc1-c1ccccc1-c1ccc(-n2c3ccccc3c3ccccc32)c(C#N)c1.N#Cc1ccc2c(c1)c1ccccc1n2-c1ccccc1-c1ccccc1-c1ccc(-n2c3ccccc3c3c(C#N)cccc32)cc1C#N.[C-]#[N+]c1ccc2c(c1)c1ccccc1n2-c1ccc(-c2ccccc2-c2ccccc2-n2c3ccccc3c3cc(C#N)ccc32)c(C#N)c1. The lowest BCUT2D eigenvalue weighted by Gasteiger charge is -2.18. The van der Waals surface area contributed by atoms with Crippen LogP contribution in [-0.4, -0.2) is 27.4 Å². The van der Waals surface area contributed by atoms with Gasteiger partial charge in [-0.1, -0.05) is 279 Å². The summed E-state index contributed by atoms with van der Waals surface area (Å²) in [5.41, 5.74) is 34.2. The van der Waals surface area contributed by atoms with E-state index in [1.165, 1.54) is 0 Å². The first kappa shape index (κ1) is 89.2. The minimum atomic E-state index is 0.552. The van der Waals surface area contributed by atoms with Crippen molar-refractivity contribution < 1.29 is 0 Å². The Balaban J connectivity index is 0.000000116. The lowest BCUT2D eigenvalue weighted by molar-refractivity contribution is 1.17. The van der Waals surface area contributed by atoms with E-state index < -0.39 is 0 Å². The van der Waals surface area contributed by atoms with Crippen LogP contribution in [0.4, 0.5) is 5.69 Å². The number of benzene rings is 21. The van der Waals surface area contributed by atoms with Gasteiger partial charge in [-0.05, 0) is 220 Å². The summed E-state index contributed by atoms with van der Waals surface area (Å²) in [5, 5.41) is 93.3. The van der Waals surface area contributed by atoms with Gasteiger partial charge in [0, 0.05) is 98.4 Å². The molecule has 15 nitrogen and oxygen atoms in total. The third-order valence-corrected chi connectivity index (χ3v) is 28.9. The first-order chi connectivity index (χ1) is 74.1. The van der Waals surface area contributed by atoms with E-state index in [1.54, 1.807) is 0 Å². The highest BCUT2D eigenvalue weighted by atomic mass is 15.0. The zero-order valence-electron chi connectivity index (χ0n) is 80.0. The molecular formula is C135H75N15. The Morgan fingerprint density at radius 1 is 0.173 bits per heavy atom. The fourth-order valence-corrected chi connectivity index (χ4v) is 22.5. The molecule has 0 spiro atoms. The molecular weight excluding hydrogens is 1830 g/mol. The van der Waals surface area contributed by atoms with E-state index in [9.17, 15) is 42.1 Å². The Morgan fingerprint density at radius 3 is 0.927 bits per heavy atom. The number of fused-ring (bicyclic) bond motifs is 18. The van der Waals surface area contributed by atoms with Gasteiger partial charge >= 0.3 is 0 Å². The number of hydrogen-bond acceptors (Lipinski definition) is 8. The minimum absolute atomic E-state index is 0.552. The maximum Gasteiger partial charge on any atom is 0.188 e. The van der Waals surface area contributed by atoms with E-state index in [0.29, 0.717) is 50.2 Å². The van der Waals surface area contributed by atoms with Crippen LogP contribution in [0.5, 0.6) is 0 Å². The largest absolute Gasteiger partial charge is 0.309 e. The van der Waals surface area contributed by atoms with Gasteiger partial charge in [0.05, 0.1) is 176 Å². The molecule has 0 saturated heterocycles. The molecule has 27 aromatic rings. The normalized spacial score (nSPS) is 11.1. The molecule has 6 heterocycles. The van der Waals surface area contributed by atoms with Crippen LogP contribution in [-0.2, 0) is 0 Å². The average Bonchev–Trinajstić information content (AvgIpc) is 1.58. The number of para-hydroxylation sites is 10. The van der Waals surface area contributed by atoms with Crippen LogP contribution in [0.25, 0.3) is 237 Å². The molecule has 6 aromatic heterocycles. The smallest absolute Gasteiger partial charge is 0.188 e. The molecule has 0 aliphatic heterocycles. The molecule has 15 heteroatoms. The molecule has 0 radical (unpaired) electrons. The Labute approximate surface area is 860 Å². The molecule has 0 amide bonds. The average molecular weight is 1910 g/mol. The number of nitriles is 8. The van der Waals surface area contributed by atoms with Gasteiger partial charge in [0.25, 0.3) is 0 Å². The molecule has 0 aliphatic carbocycles. The highest BCUT2D eigenvalue weighted by molar-refractivity contribution is 6.17. The highest BCUT2D eigenvalue weighted by Crippen LogP contribution is 2.49. The predicted octanol–water partition coefficient (Wildman–Crippen LogP) is 33.2. The standard InChI is InChI=1S/3C45H25N5/c1-48-31-19-23-44-40(26-31)38-14-5-7-15-41(38)49(44)32-20-21-33(30(25-32)28-47)34-10-2-3-11-35(34)36-12-4-8-16-42(36)50-43-17-9-6-13-37(43)39-24-29(27-46)18-22-45(39)50;46-26-29-20-22-44-39(24-29)38-16-9-10-31(27-47)45(38)50(44)43-19-8-3-13-35(43)34-12-2-1-11-33(34)30-21-23-40(32(25-30)28-48)49-41-17-6-4-14-36(41)37-15-5-7-18-42(37)49;46-26-29-20-23-43-39(24-29)37-14-4-7-17-41(37)50(43)40-16-6-3-13-36(40)35-12-2-1-11-34(35)33-22-21-32(25-31(33)28-48)49-42-18-8-5-15-38(42)45-30(27-47)10-9-19-44(45)49/h2-26H;2*1-25H. The lowest BCUT2D eigenvalue weighted by Crippen LogP contribution is -2.00. The summed E-state index contributed by atoms with van der Waals surface area (Å²) in [6, 6.07) is 171. The van der Waals surface area contributed by atoms with Gasteiger partial charge in [0.15, 0.2) is 5.69 Å². The zero-order valence-corrected chi connectivity index (χ0v) is 80.0. The van der Waals surface area contributed by atoms with Crippen molar-refractivity contribution in [2.24, 2.45) is 0 Å². The molecule has 27 rings (SSSR count). The number of hydrogen-bond donors (Lipinski definition) is 0. The van der Waals surface area contributed by atoms with E-state index in [4.69, 9.17) is 6.57 Å². The Hall–Kier alpha value is -22.2. The number of aromatic nitrogens is 6. The van der Waals surface area contributed by atoms with E-state index in [-0.39, 0.29) is 0 Å². The zero-order chi connectivity index (χ0) is 101. The first-order valence-corrected chi connectivity index (χ1v) is 48.8. The van der Waals surface area contributed by atoms with Gasteiger partial charge in [0.2, 0.25) is 0 Å². The molecule has 690 valence electrons. The summed E-state index contributed by atoms with van der Waals surface area (Å²) in [4.78, 5) is 3.66. The Kier molecular flexibility index (Phi) is 22.0. The van der Waals surface area contributed by atoms with Crippen LogP contribution in [0.3, 0.4) is 0 Å². The fourth-order valence-electron chi connectivity index (χ4n) is 22.5. The van der Waals surface area contributed by atoms with Crippen molar-refractivity contribution >= 4 is 137 Å². The minimum Gasteiger partial charge on any atom is -0.309 e. The van der Waals surface area contributed by atoms with Crippen LogP contribution >= 0.6 is 0 Å². The fraction of sp³-hybridized carbons (Fsp3) is 0. The van der Waals surface area contributed by atoms with E-state index >= 15 is 0 Å². The molecule has 21 aromatic carbocycles. The summed E-state index contributed by atoms with van der Waals surface area (Å²) in [6.45, 7) is 7.55. The van der Waals surface area contributed by atoms with E-state index in [2.05, 4.69) is 239 Å². The van der Waals surface area contributed by atoms with Crippen molar-refractivity contribution in [3.05, 3.63) is 511 Å². The summed E-state index contributed by atoms with van der Waals surface area (Å²) in [6.07, 6.45) is 0. The van der Waals surface area contributed by atoms with Crippen LogP contribution < -0.4 is 0 Å². The Bertz CT molecular complexity index is 10800. The van der Waals surface area contributed by atoms with Gasteiger partial charge in [-0.15, -0.1) is 0 Å². The van der Waals surface area contributed by atoms with Gasteiger partial charge in [-0.25, -0.2) is 4.85 Å². The molecule has 0 N–H and O–H groups in total. The van der Waals surface area contributed by atoms with Crippen molar-refractivity contribution in [1.82, 2.24) is 27.4 Å². The van der Waals surface area contributed by atoms with Gasteiger partial charge in [-0.2, -0.15) is 42.1 Å². The summed E-state index contributed by atoms with van der Waals surface area (Å²) in [7, 11) is 0. The van der Waals surface area contributed by atoms with Crippen molar-refractivity contribution in [1.29, 1.82) is 42.1 Å². The molecule has 0 saturated carbocycles. The molecule has 0 atom stereocenters. The van der Waals surface area contributed by atoms with Crippen molar-refractivity contribution in [3.63, 3.8) is 0 Å². The highest BCUT2D eigenvalue weighted by Gasteiger charge is 2.28. The van der Waals surface area contributed by atoms with Gasteiger partial charge in [-0.3, -0.25) is 0 Å². The Morgan fingerprint density at radius 2 is 0.480 bits per heavy atom. The van der Waals surface area contributed by atoms with Crippen LogP contribution in [0.15, 0.2) is 455 Å².